The summed E-state index contributed by atoms with van der Waals surface area (Å²) < 4.78 is 10.9. The second kappa shape index (κ2) is 15.7. The number of methoxy groups -OCH3 is 1. The first kappa shape index (κ1) is 29.9. The summed E-state index contributed by atoms with van der Waals surface area (Å²) in [5.74, 6) is 0.218. The summed E-state index contributed by atoms with van der Waals surface area (Å²) in [6, 6.07) is 3.93. The maximum atomic E-state index is 12.6. The third kappa shape index (κ3) is 9.64. The Kier molecular flexibility index (Phi) is 13.1. The van der Waals surface area contributed by atoms with Crippen molar-refractivity contribution in [1.82, 2.24) is 4.90 Å². The Morgan fingerprint density at radius 1 is 1.14 bits per heavy atom. The van der Waals surface area contributed by atoms with Crippen molar-refractivity contribution < 1.29 is 29.3 Å². The number of benzene rings is 1. The Bertz CT molecular complexity index is 826. The zero-order valence-electron chi connectivity index (χ0n) is 22.8. The van der Waals surface area contributed by atoms with Gasteiger partial charge in [-0.15, -0.1) is 0 Å². The van der Waals surface area contributed by atoms with Crippen LogP contribution in [0.4, 0.5) is 0 Å². The van der Waals surface area contributed by atoms with Gasteiger partial charge in [0.25, 0.3) is 0 Å². The summed E-state index contributed by atoms with van der Waals surface area (Å²) in [7, 11) is 1.52. The largest absolute Gasteiger partial charge is 0.504 e. The van der Waals surface area contributed by atoms with Crippen LogP contribution in [0.15, 0.2) is 12.1 Å². The molecule has 0 spiro atoms. The van der Waals surface area contributed by atoms with E-state index in [1.807, 2.05) is 11.0 Å². The van der Waals surface area contributed by atoms with Gasteiger partial charge in [-0.05, 0) is 43.7 Å². The Hall–Kier alpha value is -2.28. The fourth-order valence-corrected chi connectivity index (χ4v) is 5.11. The Morgan fingerprint density at radius 3 is 2.53 bits per heavy atom. The number of carbonyl (C=O) groups is 2. The number of likely N-dealkylation sites (tertiary alicyclic amines) is 1. The molecule has 7 nitrogen and oxygen atoms in total. The zero-order chi connectivity index (χ0) is 26.5. The number of nitrogens with zero attached hydrogens (tertiary/aromatic N) is 1. The van der Waals surface area contributed by atoms with Gasteiger partial charge in [0, 0.05) is 37.9 Å². The van der Waals surface area contributed by atoms with Gasteiger partial charge in [0.15, 0.2) is 11.5 Å². The minimum atomic E-state index is -0.503. The number of aryl methyl sites for hydroxylation is 1. The lowest BCUT2D eigenvalue weighted by molar-refractivity contribution is -0.148. The molecule has 1 aromatic rings. The molecule has 7 heteroatoms. The van der Waals surface area contributed by atoms with Gasteiger partial charge in [0.2, 0.25) is 5.91 Å². The third-order valence-electron chi connectivity index (χ3n) is 7.13. The van der Waals surface area contributed by atoms with Crippen LogP contribution in [0.1, 0.15) is 109 Å². The summed E-state index contributed by atoms with van der Waals surface area (Å²) in [6.07, 6.45) is 10.3. The third-order valence-corrected chi connectivity index (χ3v) is 7.13. The van der Waals surface area contributed by atoms with Crippen LogP contribution in [0, 0.1) is 0 Å². The lowest BCUT2D eigenvalue weighted by atomic mass is 9.98. The van der Waals surface area contributed by atoms with Crippen molar-refractivity contribution >= 4 is 11.9 Å². The normalized spacial score (nSPS) is 17.3. The van der Waals surface area contributed by atoms with Gasteiger partial charge in [0.1, 0.15) is 6.10 Å². The SMILES string of the molecule is CCCCCC(O)CC(CCc1cc(CN2C(=O)CCC2CCCCC)c(O)c(OC)c1)OC(C)=O. The molecule has 0 saturated carbocycles. The van der Waals surface area contributed by atoms with E-state index in [0.717, 1.165) is 56.9 Å². The monoisotopic (exact) mass is 505 g/mol. The molecule has 0 aromatic heterocycles. The Labute approximate surface area is 217 Å². The molecule has 1 aromatic carbocycles. The molecule has 0 bridgehead atoms. The minimum absolute atomic E-state index is 0.0659. The van der Waals surface area contributed by atoms with Crippen molar-refractivity contribution in [3.63, 3.8) is 0 Å². The number of ether oxygens (including phenoxy) is 2. The maximum Gasteiger partial charge on any atom is 0.302 e. The van der Waals surface area contributed by atoms with Crippen molar-refractivity contribution in [1.29, 1.82) is 0 Å². The number of phenolic OH excluding ortho intramolecular Hbond substituents is 1. The lowest BCUT2D eigenvalue weighted by Crippen LogP contribution is -2.32. The predicted octanol–water partition coefficient (Wildman–Crippen LogP) is 5.67. The Morgan fingerprint density at radius 2 is 1.86 bits per heavy atom. The maximum absolute atomic E-state index is 12.6. The molecule has 3 unspecified atom stereocenters. The summed E-state index contributed by atoms with van der Waals surface area (Å²) >= 11 is 0. The van der Waals surface area contributed by atoms with Crippen molar-refractivity contribution in [3.8, 4) is 11.5 Å². The van der Waals surface area contributed by atoms with E-state index in [-0.39, 0.29) is 29.8 Å². The minimum Gasteiger partial charge on any atom is -0.504 e. The fourth-order valence-electron chi connectivity index (χ4n) is 5.11. The summed E-state index contributed by atoms with van der Waals surface area (Å²) in [4.78, 5) is 26.2. The number of carbonyl (C=O) groups excluding carboxylic acids is 2. The molecule has 2 rings (SSSR count). The molecule has 2 N–H and O–H groups in total. The number of phenols is 1. The molecule has 3 atom stereocenters. The molecule has 0 radical (unpaired) electrons. The number of hydrogen-bond donors (Lipinski definition) is 2. The number of aliphatic hydroxyl groups is 1. The number of rotatable bonds is 17. The molecule has 1 heterocycles. The van der Waals surface area contributed by atoms with Crippen LogP contribution in [0.2, 0.25) is 0 Å². The standard InChI is InChI=1S/C29H47NO6/c1-5-7-9-11-24-14-16-28(33)30(24)20-23-17-22(18-27(35-4)29(23)34)13-15-26(36-21(3)31)19-25(32)12-10-8-6-2/h17-18,24-26,32,34H,5-16,19-20H2,1-4H3. The first-order valence-corrected chi connectivity index (χ1v) is 13.8. The zero-order valence-corrected chi connectivity index (χ0v) is 22.8. The van der Waals surface area contributed by atoms with E-state index in [9.17, 15) is 19.8 Å². The summed E-state index contributed by atoms with van der Waals surface area (Å²) in [6.45, 7) is 6.05. The van der Waals surface area contributed by atoms with Crippen LogP contribution in [0.5, 0.6) is 11.5 Å². The highest BCUT2D eigenvalue weighted by Crippen LogP contribution is 2.35. The van der Waals surface area contributed by atoms with Crippen molar-refractivity contribution in [3.05, 3.63) is 23.3 Å². The van der Waals surface area contributed by atoms with E-state index in [0.29, 0.717) is 50.0 Å². The van der Waals surface area contributed by atoms with E-state index >= 15 is 0 Å². The van der Waals surface area contributed by atoms with Gasteiger partial charge in [0.05, 0.1) is 13.2 Å². The average Bonchev–Trinajstić information content (AvgIpc) is 3.18. The van der Waals surface area contributed by atoms with E-state index in [2.05, 4.69) is 13.8 Å². The summed E-state index contributed by atoms with van der Waals surface area (Å²) in [5, 5.41) is 21.2. The fraction of sp³-hybridized carbons (Fsp3) is 0.724. The molecule has 0 aliphatic carbocycles. The van der Waals surface area contributed by atoms with Crippen LogP contribution in [-0.4, -0.2) is 52.3 Å². The van der Waals surface area contributed by atoms with Gasteiger partial charge in [-0.2, -0.15) is 0 Å². The van der Waals surface area contributed by atoms with Crippen LogP contribution in [-0.2, 0) is 27.3 Å². The molecule has 1 aliphatic rings. The Balaban J connectivity index is 2.11. The van der Waals surface area contributed by atoms with Crippen LogP contribution < -0.4 is 4.74 Å². The molecular weight excluding hydrogens is 458 g/mol. The van der Waals surface area contributed by atoms with Gasteiger partial charge in [-0.1, -0.05) is 58.4 Å². The van der Waals surface area contributed by atoms with Gasteiger partial charge in [-0.25, -0.2) is 0 Å². The van der Waals surface area contributed by atoms with Crippen LogP contribution in [0.3, 0.4) is 0 Å². The van der Waals surface area contributed by atoms with Crippen molar-refractivity contribution in [2.24, 2.45) is 0 Å². The average molecular weight is 506 g/mol. The van der Waals surface area contributed by atoms with E-state index in [1.165, 1.54) is 14.0 Å². The molecular formula is C29H47NO6. The van der Waals surface area contributed by atoms with E-state index < -0.39 is 6.10 Å². The van der Waals surface area contributed by atoms with Crippen LogP contribution >= 0.6 is 0 Å². The molecule has 1 aliphatic heterocycles. The number of hydrogen-bond acceptors (Lipinski definition) is 6. The summed E-state index contributed by atoms with van der Waals surface area (Å²) in [5.41, 5.74) is 1.61. The topological polar surface area (TPSA) is 96.3 Å². The lowest BCUT2D eigenvalue weighted by Gasteiger charge is -2.26. The quantitative estimate of drug-likeness (QED) is 0.209. The van der Waals surface area contributed by atoms with Crippen molar-refractivity contribution in [2.45, 2.75) is 129 Å². The number of aromatic hydroxyl groups is 1. The van der Waals surface area contributed by atoms with Gasteiger partial charge < -0.3 is 24.6 Å². The highest BCUT2D eigenvalue weighted by Gasteiger charge is 2.31. The molecule has 204 valence electrons. The van der Waals surface area contributed by atoms with Crippen molar-refractivity contribution in [2.75, 3.05) is 7.11 Å². The molecule has 1 fully saturated rings. The van der Waals surface area contributed by atoms with Gasteiger partial charge >= 0.3 is 5.97 Å². The highest BCUT2D eigenvalue weighted by atomic mass is 16.5. The number of esters is 1. The highest BCUT2D eigenvalue weighted by molar-refractivity contribution is 5.79. The molecule has 36 heavy (non-hydrogen) atoms. The second-order valence-corrected chi connectivity index (χ2v) is 10.2. The number of unbranched alkanes of at least 4 members (excludes halogenated alkanes) is 4. The van der Waals surface area contributed by atoms with E-state index in [4.69, 9.17) is 9.47 Å². The first-order valence-electron chi connectivity index (χ1n) is 13.8. The molecule has 1 amide bonds. The molecule has 1 saturated heterocycles. The number of aliphatic hydroxyl groups excluding tert-OH is 1. The predicted molar refractivity (Wildman–Crippen MR) is 141 cm³/mol. The first-order chi connectivity index (χ1) is 17.3. The van der Waals surface area contributed by atoms with Gasteiger partial charge in [-0.3, -0.25) is 9.59 Å². The number of amides is 1. The van der Waals surface area contributed by atoms with E-state index in [1.54, 1.807) is 6.07 Å². The smallest absolute Gasteiger partial charge is 0.302 e. The second-order valence-electron chi connectivity index (χ2n) is 10.2. The van der Waals surface area contributed by atoms with Crippen LogP contribution in [0.25, 0.3) is 0 Å².